The quantitative estimate of drug-likeness (QED) is 0.860. The number of carbonyl (C=O) groups excluding carboxylic acids is 2. The minimum Gasteiger partial charge on any atom is -0.335 e. The Morgan fingerprint density at radius 2 is 1.96 bits per heavy atom. The van der Waals surface area contributed by atoms with Gasteiger partial charge in [0.2, 0.25) is 5.91 Å². The van der Waals surface area contributed by atoms with Crippen molar-refractivity contribution < 1.29 is 9.59 Å². The van der Waals surface area contributed by atoms with Crippen molar-refractivity contribution in [1.29, 1.82) is 0 Å². The number of fused-ring (bicyclic) bond motifs is 3. The number of amides is 3. The SMILES string of the molecule is O=C(Cn1cnc2sc3c(c2c1=O)CCCC3)NC(=O)NC1CCCC1. The lowest BCUT2D eigenvalue weighted by Gasteiger charge is -2.13. The van der Waals surface area contributed by atoms with Gasteiger partial charge in [-0.1, -0.05) is 12.8 Å². The Balaban J connectivity index is 1.48. The highest BCUT2D eigenvalue weighted by Gasteiger charge is 2.21. The van der Waals surface area contributed by atoms with Gasteiger partial charge in [0, 0.05) is 10.9 Å². The van der Waals surface area contributed by atoms with Gasteiger partial charge < -0.3 is 5.32 Å². The molecule has 0 radical (unpaired) electrons. The lowest BCUT2D eigenvalue weighted by Crippen LogP contribution is -2.45. The van der Waals surface area contributed by atoms with E-state index in [4.69, 9.17) is 0 Å². The molecule has 2 aliphatic carbocycles. The first-order valence-electron chi connectivity index (χ1n) is 9.22. The van der Waals surface area contributed by atoms with Gasteiger partial charge in [-0.15, -0.1) is 11.3 Å². The van der Waals surface area contributed by atoms with Crippen LogP contribution in [0.25, 0.3) is 10.2 Å². The number of carbonyl (C=O) groups is 2. The van der Waals surface area contributed by atoms with Gasteiger partial charge in [0.05, 0.1) is 11.7 Å². The van der Waals surface area contributed by atoms with Crippen LogP contribution in [-0.4, -0.2) is 27.5 Å². The lowest BCUT2D eigenvalue weighted by molar-refractivity contribution is -0.120. The fraction of sp³-hybridized carbons (Fsp3) is 0.556. The third-order valence-electron chi connectivity index (χ3n) is 5.20. The molecule has 26 heavy (non-hydrogen) atoms. The summed E-state index contributed by atoms with van der Waals surface area (Å²) < 4.78 is 1.29. The van der Waals surface area contributed by atoms with Crippen LogP contribution in [0.2, 0.25) is 0 Å². The maximum absolute atomic E-state index is 12.8. The molecule has 0 saturated heterocycles. The molecule has 2 aliphatic rings. The van der Waals surface area contributed by atoms with Gasteiger partial charge in [-0.3, -0.25) is 19.5 Å². The smallest absolute Gasteiger partial charge is 0.321 e. The number of imide groups is 1. The second-order valence-electron chi connectivity index (χ2n) is 7.07. The molecule has 0 aliphatic heterocycles. The summed E-state index contributed by atoms with van der Waals surface area (Å²) in [5.41, 5.74) is 0.906. The topological polar surface area (TPSA) is 93.1 Å². The van der Waals surface area contributed by atoms with Gasteiger partial charge in [0.1, 0.15) is 11.4 Å². The summed E-state index contributed by atoms with van der Waals surface area (Å²) in [5.74, 6) is -0.507. The summed E-state index contributed by atoms with van der Waals surface area (Å²) in [6, 6.07) is -0.349. The lowest BCUT2D eigenvalue weighted by atomic mass is 9.97. The third-order valence-corrected chi connectivity index (χ3v) is 6.40. The van der Waals surface area contributed by atoms with Gasteiger partial charge in [0.15, 0.2) is 0 Å². The molecule has 0 bridgehead atoms. The van der Waals surface area contributed by atoms with E-state index in [1.54, 1.807) is 11.3 Å². The summed E-state index contributed by atoms with van der Waals surface area (Å²) in [5, 5.41) is 5.77. The molecule has 2 aromatic heterocycles. The zero-order chi connectivity index (χ0) is 18.1. The van der Waals surface area contributed by atoms with Gasteiger partial charge in [-0.25, -0.2) is 9.78 Å². The Bertz CT molecular complexity index is 911. The summed E-state index contributed by atoms with van der Waals surface area (Å²) in [6.45, 7) is -0.204. The average molecular weight is 374 g/mol. The highest BCUT2D eigenvalue weighted by Crippen LogP contribution is 2.33. The average Bonchev–Trinajstić information content (AvgIpc) is 3.24. The molecule has 138 valence electrons. The standard InChI is InChI=1S/C18H22N4O3S/c23-14(21-18(25)20-11-5-1-2-6-11)9-22-10-19-16-15(17(22)24)12-7-3-4-8-13(12)26-16/h10-11H,1-9H2,(H2,20,21,23,25). The largest absolute Gasteiger partial charge is 0.335 e. The normalized spacial score (nSPS) is 17.2. The Hall–Kier alpha value is -2.22. The first kappa shape index (κ1) is 17.2. The van der Waals surface area contributed by atoms with Crippen LogP contribution < -0.4 is 16.2 Å². The number of aromatic nitrogens is 2. The van der Waals surface area contributed by atoms with Crippen molar-refractivity contribution in [3.05, 3.63) is 27.1 Å². The fourth-order valence-corrected chi connectivity index (χ4v) is 5.13. The van der Waals surface area contributed by atoms with Crippen LogP contribution in [0.5, 0.6) is 0 Å². The zero-order valence-corrected chi connectivity index (χ0v) is 15.4. The predicted molar refractivity (Wildman–Crippen MR) is 99.5 cm³/mol. The van der Waals surface area contributed by atoms with E-state index in [9.17, 15) is 14.4 Å². The fourth-order valence-electron chi connectivity index (χ4n) is 3.91. The highest BCUT2D eigenvalue weighted by molar-refractivity contribution is 7.18. The van der Waals surface area contributed by atoms with Crippen LogP contribution in [0.1, 0.15) is 49.0 Å². The van der Waals surface area contributed by atoms with E-state index in [-0.39, 0.29) is 18.1 Å². The monoisotopic (exact) mass is 374 g/mol. The molecule has 0 unspecified atom stereocenters. The van der Waals surface area contributed by atoms with Crippen molar-refractivity contribution in [1.82, 2.24) is 20.2 Å². The summed E-state index contributed by atoms with van der Waals surface area (Å²) in [6.07, 6.45) is 9.62. The molecule has 0 spiro atoms. The van der Waals surface area contributed by atoms with Crippen LogP contribution in [-0.2, 0) is 24.2 Å². The minimum atomic E-state index is -0.507. The van der Waals surface area contributed by atoms with E-state index in [1.165, 1.54) is 15.8 Å². The van der Waals surface area contributed by atoms with E-state index in [0.717, 1.165) is 61.8 Å². The Morgan fingerprint density at radius 3 is 2.77 bits per heavy atom. The van der Waals surface area contributed by atoms with Crippen molar-refractivity contribution in [2.45, 2.75) is 64.0 Å². The van der Waals surface area contributed by atoms with E-state index < -0.39 is 11.9 Å². The summed E-state index contributed by atoms with van der Waals surface area (Å²) in [7, 11) is 0. The van der Waals surface area contributed by atoms with Crippen LogP contribution >= 0.6 is 11.3 Å². The van der Waals surface area contributed by atoms with Crippen molar-refractivity contribution >= 4 is 33.5 Å². The number of nitrogens with zero attached hydrogens (tertiary/aromatic N) is 2. The number of hydrogen-bond acceptors (Lipinski definition) is 5. The predicted octanol–water partition coefficient (Wildman–Crippen LogP) is 2.11. The molecular formula is C18H22N4O3S. The number of nitrogens with one attached hydrogen (secondary N) is 2. The maximum Gasteiger partial charge on any atom is 0.321 e. The van der Waals surface area contributed by atoms with E-state index >= 15 is 0 Å². The number of hydrogen-bond donors (Lipinski definition) is 2. The Kier molecular flexibility index (Phi) is 4.76. The van der Waals surface area contributed by atoms with Crippen molar-refractivity contribution in [3.8, 4) is 0 Å². The maximum atomic E-state index is 12.8. The van der Waals surface area contributed by atoms with Crippen LogP contribution in [0.3, 0.4) is 0 Å². The molecule has 2 heterocycles. The Labute approximate surface area is 154 Å². The van der Waals surface area contributed by atoms with Gasteiger partial charge >= 0.3 is 6.03 Å². The van der Waals surface area contributed by atoms with E-state index in [1.807, 2.05) is 0 Å². The second-order valence-corrected chi connectivity index (χ2v) is 8.16. The number of rotatable bonds is 3. The molecule has 0 atom stereocenters. The number of aryl methyl sites for hydroxylation is 2. The van der Waals surface area contributed by atoms with Crippen LogP contribution in [0.4, 0.5) is 4.79 Å². The third kappa shape index (κ3) is 3.38. The van der Waals surface area contributed by atoms with Crippen molar-refractivity contribution in [3.63, 3.8) is 0 Å². The second kappa shape index (κ2) is 7.19. The van der Waals surface area contributed by atoms with Crippen LogP contribution in [0.15, 0.2) is 11.1 Å². The zero-order valence-electron chi connectivity index (χ0n) is 14.5. The molecule has 8 heteroatoms. The highest BCUT2D eigenvalue weighted by atomic mass is 32.1. The van der Waals surface area contributed by atoms with Crippen molar-refractivity contribution in [2.75, 3.05) is 0 Å². The van der Waals surface area contributed by atoms with E-state index in [2.05, 4.69) is 15.6 Å². The minimum absolute atomic E-state index is 0.140. The molecule has 7 nitrogen and oxygen atoms in total. The molecule has 2 aromatic rings. The Morgan fingerprint density at radius 1 is 1.19 bits per heavy atom. The molecule has 1 fully saturated rings. The summed E-state index contributed by atoms with van der Waals surface area (Å²) in [4.78, 5) is 43.2. The molecule has 1 saturated carbocycles. The van der Waals surface area contributed by atoms with E-state index in [0.29, 0.717) is 5.39 Å². The van der Waals surface area contributed by atoms with Crippen LogP contribution in [0, 0.1) is 0 Å². The number of urea groups is 1. The molecule has 0 aromatic carbocycles. The summed E-state index contributed by atoms with van der Waals surface area (Å²) >= 11 is 1.58. The molecule has 4 rings (SSSR count). The van der Waals surface area contributed by atoms with Crippen molar-refractivity contribution in [2.24, 2.45) is 0 Å². The molecule has 2 N–H and O–H groups in total. The van der Waals surface area contributed by atoms with Gasteiger partial charge in [-0.05, 0) is 44.1 Å². The first-order valence-corrected chi connectivity index (χ1v) is 10.0. The molecular weight excluding hydrogens is 352 g/mol. The number of thiophene rings is 1. The molecule has 3 amide bonds. The van der Waals surface area contributed by atoms with Gasteiger partial charge in [-0.2, -0.15) is 0 Å². The first-order chi connectivity index (χ1) is 12.6. The van der Waals surface area contributed by atoms with Gasteiger partial charge in [0.25, 0.3) is 5.56 Å².